The molecule has 1 fully saturated rings. The van der Waals surface area contributed by atoms with Crippen LogP contribution in [0, 0.1) is 0 Å². The van der Waals surface area contributed by atoms with Crippen LogP contribution in [0.2, 0.25) is 0 Å². The van der Waals surface area contributed by atoms with Gasteiger partial charge in [-0.2, -0.15) is 0 Å². The lowest BCUT2D eigenvalue weighted by molar-refractivity contribution is -0.145. The summed E-state index contributed by atoms with van der Waals surface area (Å²) in [6, 6.07) is 13.0. The van der Waals surface area contributed by atoms with E-state index in [-0.39, 0.29) is 12.2 Å². The van der Waals surface area contributed by atoms with E-state index in [0.717, 1.165) is 54.1 Å². The molecular weight excluding hydrogens is 466 g/mol. The molecule has 1 spiro atoms. The molecule has 1 saturated carbocycles. The van der Waals surface area contributed by atoms with Crippen LogP contribution < -0.4 is 30.4 Å². The summed E-state index contributed by atoms with van der Waals surface area (Å²) in [5.41, 5.74) is 8.49. The van der Waals surface area contributed by atoms with Gasteiger partial charge in [-0.15, -0.1) is 0 Å². The van der Waals surface area contributed by atoms with E-state index in [0.29, 0.717) is 17.5 Å². The van der Waals surface area contributed by atoms with Crippen molar-refractivity contribution in [2.24, 2.45) is 0 Å². The van der Waals surface area contributed by atoms with E-state index >= 15 is 0 Å². The maximum atomic E-state index is 11.7. The minimum Gasteiger partial charge on any atom is -0.497 e. The fraction of sp³-hybridized carbons (Fsp3) is 0.385. The quantitative estimate of drug-likeness (QED) is 0.276. The van der Waals surface area contributed by atoms with Crippen molar-refractivity contribution in [3.8, 4) is 17.2 Å². The molecule has 4 rings (SSSR count). The predicted octanol–water partition coefficient (Wildman–Crippen LogP) is 4.56. The Labute approximate surface area is 210 Å². The highest BCUT2D eigenvalue weighted by Gasteiger charge is 2.37. The second kappa shape index (κ2) is 11.3. The van der Waals surface area contributed by atoms with Crippen molar-refractivity contribution in [3.63, 3.8) is 0 Å². The molecule has 35 heavy (non-hydrogen) atoms. The number of hydrazine groups is 1. The Kier molecular flexibility index (Phi) is 7.97. The van der Waals surface area contributed by atoms with Crippen molar-refractivity contribution in [2.75, 3.05) is 25.6 Å². The summed E-state index contributed by atoms with van der Waals surface area (Å²) in [7, 11) is 1.63. The summed E-state index contributed by atoms with van der Waals surface area (Å²) in [4.78, 5) is 11.7. The Balaban J connectivity index is 1.49. The molecule has 1 heterocycles. The van der Waals surface area contributed by atoms with E-state index in [2.05, 4.69) is 22.2 Å². The van der Waals surface area contributed by atoms with Crippen LogP contribution in [-0.4, -0.2) is 37.0 Å². The average Bonchev–Trinajstić information content (AvgIpc) is 2.87. The topological polar surface area (TPSA) is 90.1 Å². The van der Waals surface area contributed by atoms with Crippen LogP contribution in [0.5, 0.6) is 17.2 Å². The number of benzene rings is 2. The predicted molar refractivity (Wildman–Crippen MR) is 138 cm³/mol. The number of nitrogens with one attached hydrogen (secondary N) is 3. The van der Waals surface area contributed by atoms with Crippen molar-refractivity contribution in [3.05, 3.63) is 54.1 Å². The lowest BCUT2D eigenvalue weighted by atomic mass is 9.82. The third-order valence-electron chi connectivity index (χ3n) is 5.98. The van der Waals surface area contributed by atoms with Gasteiger partial charge in [0.2, 0.25) is 0 Å². The number of thiocarbonyl (C=S) groups is 1. The maximum Gasteiger partial charge on any atom is 0.344 e. The van der Waals surface area contributed by atoms with Gasteiger partial charge in [0.05, 0.1) is 19.4 Å². The number of esters is 1. The van der Waals surface area contributed by atoms with Crippen LogP contribution in [-0.2, 0) is 9.53 Å². The third kappa shape index (κ3) is 6.36. The normalized spacial score (nSPS) is 15.7. The minimum atomic E-state index is -0.409. The van der Waals surface area contributed by atoms with Gasteiger partial charge in [0, 0.05) is 11.3 Å². The van der Waals surface area contributed by atoms with Crippen LogP contribution in [0.3, 0.4) is 0 Å². The fourth-order valence-electron chi connectivity index (χ4n) is 4.29. The van der Waals surface area contributed by atoms with Crippen LogP contribution >= 0.6 is 12.2 Å². The Morgan fingerprint density at radius 1 is 1.09 bits per heavy atom. The van der Waals surface area contributed by atoms with Gasteiger partial charge in [0.1, 0.15) is 22.8 Å². The van der Waals surface area contributed by atoms with Crippen molar-refractivity contribution in [1.82, 2.24) is 10.9 Å². The zero-order valence-electron chi connectivity index (χ0n) is 20.0. The Morgan fingerprint density at radius 2 is 1.83 bits per heavy atom. The van der Waals surface area contributed by atoms with Crippen molar-refractivity contribution < 1.29 is 23.7 Å². The lowest BCUT2D eigenvalue weighted by Gasteiger charge is -2.39. The number of fused-ring (bicyclic) bond motifs is 1. The first kappa shape index (κ1) is 24.7. The van der Waals surface area contributed by atoms with E-state index in [9.17, 15) is 4.79 Å². The molecule has 1 aliphatic carbocycles. The zero-order valence-corrected chi connectivity index (χ0v) is 20.8. The largest absolute Gasteiger partial charge is 0.497 e. The lowest BCUT2D eigenvalue weighted by Crippen LogP contribution is -2.44. The molecule has 0 aromatic heterocycles. The van der Waals surface area contributed by atoms with E-state index in [1.165, 1.54) is 6.42 Å². The number of hydrogen-bond donors (Lipinski definition) is 3. The highest BCUT2D eigenvalue weighted by molar-refractivity contribution is 7.80. The molecule has 1 aliphatic heterocycles. The molecule has 0 saturated heterocycles. The van der Waals surface area contributed by atoms with Gasteiger partial charge >= 0.3 is 5.97 Å². The van der Waals surface area contributed by atoms with Crippen LogP contribution in [0.25, 0.3) is 5.70 Å². The number of hydrogen-bond acceptors (Lipinski definition) is 7. The molecule has 2 aromatic rings. The highest BCUT2D eigenvalue weighted by atomic mass is 32.1. The number of anilines is 1. The average molecular weight is 498 g/mol. The van der Waals surface area contributed by atoms with Gasteiger partial charge < -0.3 is 24.3 Å². The molecule has 186 valence electrons. The highest BCUT2D eigenvalue weighted by Crippen LogP contribution is 2.43. The number of carbonyl (C=O) groups excluding carboxylic acids is 1. The SMILES string of the molecule is CCOC(=O)COc1ccc2c(c1)C(NNC(=S)Nc1ccc(OC)cc1)=CC1(CCCCC1)O2. The first-order valence-electron chi connectivity index (χ1n) is 11.8. The van der Waals surface area contributed by atoms with Crippen LogP contribution in [0.1, 0.15) is 44.6 Å². The van der Waals surface area contributed by atoms with Gasteiger partial charge in [-0.25, -0.2) is 4.79 Å². The molecule has 3 N–H and O–H groups in total. The smallest absolute Gasteiger partial charge is 0.344 e. The zero-order chi connectivity index (χ0) is 24.7. The van der Waals surface area contributed by atoms with Crippen LogP contribution in [0.15, 0.2) is 48.5 Å². The number of methoxy groups -OCH3 is 1. The van der Waals surface area contributed by atoms with Gasteiger partial charge in [0.25, 0.3) is 0 Å². The third-order valence-corrected chi connectivity index (χ3v) is 6.19. The number of rotatable bonds is 8. The molecular formula is C26H31N3O5S. The molecule has 0 atom stereocenters. The van der Waals surface area contributed by atoms with Gasteiger partial charge in [-0.1, -0.05) is 6.42 Å². The second-order valence-corrected chi connectivity index (χ2v) is 8.88. The summed E-state index contributed by atoms with van der Waals surface area (Å²) in [5, 5.41) is 3.57. The van der Waals surface area contributed by atoms with E-state index in [4.69, 9.17) is 31.2 Å². The Hall–Kier alpha value is -3.46. The number of ether oxygens (including phenoxy) is 4. The van der Waals surface area contributed by atoms with E-state index in [1.54, 1.807) is 20.1 Å². The van der Waals surface area contributed by atoms with Crippen molar-refractivity contribution >= 4 is 34.7 Å². The van der Waals surface area contributed by atoms with Gasteiger partial charge in [0.15, 0.2) is 11.7 Å². The van der Waals surface area contributed by atoms with Crippen LogP contribution in [0.4, 0.5) is 5.69 Å². The molecule has 2 aliphatic rings. The molecule has 0 unspecified atom stereocenters. The van der Waals surface area contributed by atoms with Crippen molar-refractivity contribution in [1.29, 1.82) is 0 Å². The molecule has 0 radical (unpaired) electrons. The summed E-state index contributed by atoms with van der Waals surface area (Å²) < 4.78 is 22.3. The molecule has 8 nitrogen and oxygen atoms in total. The number of carbonyl (C=O) groups is 1. The molecule has 9 heteroatoms. The summed E-state index contributed by atoms with van der Waals surface area (Å²) in [6.45, 7) is 1.92. The molecule has 0 bridgehead atoms. The minimum absolute atomic E-state index is 0.155. The first-order chi connectivity index (χ1) is 17.0. The fourth-order valence-corrected chi connectivity index (χ4v) is 4.46. The molecule has 0 amide bonds. The maximum absolute atomic E-state index is 11.7. The Bertz CT molecular complexity index is 1080. The standard InChI is InChI=1S/C26H31N3O5S/c1-3-32-24(30)17-33-20-11-12-23-21(15-20)22(16-26(34-23)13-5-4-6-14-26)28-29-25(35)27-18-7-9-19(31-2)10-8-18/h7-12,15-16,28H,3-6,13-14,17H2,1-2H3,(H2,27,29,35). The Morgan fingerprint density at radius 3 is 2.54 bits per heavy atom. The monoisotopic (exact) mass is 497 g/mol. The second-order valence-electron chi connectivity index (χ2n) is 8.47. The molecule has 2 aromatic carbocycles. The summed E-state index contributed by atoms with van der Waals surface area (Å²) >= 11 is 5.48. The summed E-state index contributed by atoms with van der Waals surface area (Å²) in [5.74, 6) is 1.67. The van der Waals surface area contributed by atoms with Gasteiger partial charge in [-0.3, -0.25) is 10.9 Å². The van der Waals surface area contributed by atoms with E-state index < -0.39 is 5.97 Å². The van der Waals surface area contributed by atoms with Crippen molar-refractivity contribution in [2.45, 2.75) is 44.6 Å². The summed E-state index contributed by atoms with van der Waals surface area (Å²) in [6.07, 6.45) is 7.48. The first-order valence-corrected chi connectivity index (χ1v) is 12.2. The van der Waals surface area contributed by atoms with Gasteiger partial charge in [-0.05, 0) is 93.4 Å². The van der Waals surface area contributed by atoms with E-state index in [1.807, 2.05) is 36.4 Å².